The highest BCUT2D eigenvalue weighted by Gasteiger charge is 2.23. The summed E-state index contributed by atoms with van der Waals surface area (Å²) >= 11 is 1.26. The van der Waals surface area contributed by atoms with Crippen LogP contribution in [-0.2, 0) is 16.0 Å². The Kier molecular flexibility index (Phi) is 5.39. The van der Waals surface area contributed by atoms with Gasteiger partial charge in [0.15, 0.2) is 0 Å². The molecule has 0 aliphatic carbocycles. The number of primary amides is 1. The van der Waals surface area contributed by atoms with Gasteiger partial charge >= 0.3 is 5.97 Å². The SMILES string of the molecule is NCCc1nc(C(=O)N[C@H](CC(N)=O)C(=O)O)cs1. The van der Waals surface area contributed by atoms with E-state index in [4.69, 9.17) is 16.6 Å². The lowest BCUT2D eigenvalue weighted by Crippen LogP contribution is -2.43. The van der Waals surface area contributed by atoms with E-state index in [1.165, 1.54) is 16.7 Å². The largest absolute Gasteiger partial charge is 0.480 e. The predicted octanol–water partition coefficient (Wildman–Crippen LogP) is -1.30. The van der Waals surface area contributed by atoms with Crippen molar-refractivity contribution in [3.63, 3.8) is 0 Å². The Balaban J connectivity index is 2.70. The third-order valence-corrected chi connectivity index (χ3v) is 3.06. The minimum absolute atomic E-state index is 0.101. The van der Waals surface area contributed by atoms with Crippen molar-refractivity contribution in [3.8, 4) is 0 Å². The molecule has 0 fully saturated rings. The molecule has 0 saturated carbocycles. The lowest BCUT2D eigenvalue weighted by atomic mass is 10.2. The van der Waals surface area contributed by atoms with Gasteiger partial charge in [-0.1, -0.05) is 0 Å². The number of aromatic nitrogens is 1. The van der Waals surface area contributed by atoms with Gasteiger partial charge in [-0.05, 0) is 6.54 Å². The molecule has 1 aromatic heterocycles. The number of carbonyl (C=O) groups excluding carboxylic acids is 2. The van der Waals surface area contributed by atoms with Crippen LogP contribution >= 0.6 is 11.3 Å². The Morgan fingerprint density at radius 1 is 1.47 bits per heavy atom. The molecule has 0 aliphatic heterocycles. The molecule has 8 nitrogen and oxygen atoms in total. The molecule has 0 spiro atoms. The Bertz CT molecular complexity index is 488. The molecule has 1 rings (SSSR count). The summed E-state index contributed by atoms with van der Waals surface area (Å²) in [6, 6.07) is -1.36. The third-order valence-electron chi connectivity index (χ3n) is 2.15. The highest BCUT2D eigenvalue weighted by atomic mass is 32.1. The summed E-state index contributed by atoms with van der Waals surface area (Å²) in [4.78, 5) is 37.3. The fourth-order valence-electron chi connectivity index (χ4n) is 1.29. The van der Waals surface area contributed by atoms with Gasteiger partial charge in [0, 0.05) is 11.8 Å². The summed E-state index contributed by atoms with van der Waals surface area (Å²) in [6.45, 7) is 0.411. The molecule has 6 N–H and O–H groups in total. The van der Waals surface area contributed by atoms with Crippen LogP contribution in [0, 0.1) is 0 Å². The first-order chi connectivity index (χ1) is 8.93. The number of amides is 2. The van der Waals surface area contributed by atoms with E-state index in [0.717, 1.165) is 0 Å². The fourth-order valence-corrected chi connectivity index (χ4v) is 2.08. The Labute approximate surface area is 112 Å². The molecule has 0 saturated heterocycles. The molecule has 0 unspecified atom stereocenters. The van der Waals surface area contributed by atoms with Crippen molar-refractivity contribution in [2.75, 3.05) is 6.54 Å². The highest BCUT2D eigenvalue weighted by Crippen LogP contribution is 2.10. The van der Waals surface area contributed by atoms with E-state index in [9.17, 15) is 14.4 Å². The lowest BCUT2D eigenvalue weighted by Gasteiger charge is -2.11. The monoisotopic (exact) mass is 286 g/mol. The van der Waals surface area contributed by atoms with E-state index in [-0.39, 0.29) is 5.69 Å². The van der Waals surface area contributed by atoms with Gasteiger partial charge in [0.1, 0.15) is 11.7 Å². The zero-order chi connectivity index (χ0) is 14.4. The Morgan fingerprint density at radius 2 is 2.16 bits per heavy atom. The highest BCUT2D eigenvalue weighted by molar-refractivity contribution is 7.09. The quantitative estimate of drug-likeness (QED) is 0.489. The summed E-state index contributed by atoms with van der Waals surface area (Å²) in [6.07, 6.45) is 0.0719. The average Bonchev–Trinajstić information content (AvgIpc) is 2.76. The normalized spacial score (nSPS) is 11.8. The van der Waals surface area contributed by atoms with Crippen LogP contribution in [0.25, 0.3) is 0 Å². The van der Waals surface area contributed by atoms with E-state index in [1.54, 1.807) is 0 Å². The zero-order valence-corrected chi connectivity index (χ0v) is 10.8. The average molecular weight is 286 g/mol. The number of nitrogens with one attached hydrogen (secondary N) is 1. The first-order valence-corrected chi connectivity index (χ1v) is 6.28. The molecule has 0 bridgehead atoms. The summed E-state index contributed by atoms with van der Waals surface area (Å²) in [5.41, 5.74) is 10.4. The summed E-state index contributed by atoms with van der Waals surface area (Å²) in [7, 11) is 0. The molecule has 19 heavy (non-hydrogen) atoms. The minimum Gasteiger partial charge on any atom is -0.480 e. The predicted molar refractivity (Wildman–Crippen MR) is 67.6 cm³/mol. The van der Waals surface area contributed by atoms with Crippen molar-refractivity contribution in [3.05, 3.63) is 16.1 Å². The second kappa shape index (κ2) is 6.81. The van der Waals surface area contributed by atoms with Crippen LogP contribution in [0.2, 0.25) is 0 Å². The van der Waals surface area contributed by atoms with Gasteiger partial charge < -0.3 is 21.9 Å². The summed E-state index contributed by atoms with van der Waals surface area (Å²) in [5, 5.41) is 13.2. The van der Waals surface area contributed by atoms with Gasteiger partial charge in [0.25, 0.3) is 5.91 Å². The Hall–Kier alpha value is -2.00. The van der Waals surface area contributed by atoms with Crippen LogP contribution in [0.5, 0.6) is 0 Å². The van der Waals surface area contributed by atoms with Gasteiger partial charge in [0.05, 0.1) is 11.4 Å². The molecule has 2 amide bonds. The molecule has 1 aromatic rings. The van der Waals surface area contributed by atoms with Crippen LogP contribution in [-0.4, -0.2) is 40.5 Å². The van der Waals surface area contributed by atoms with Crippen LogP contribution in [0.4, 0.5) is 0 Å². The number of aliphatic carboxylic acids is 1. The lowest BCUT2D eigenvalue weighted by molar-refractivity contribution is -0.140. The second-order valence-electron chi connectivity index (χ2n) is 3.70. The molecular formula is C10H14N4O4S. The zero-order valence-electron chi connectivity index (χ0n) is 9.96. The summed E-state index contributed by atoms with van der Waals surface area (Å²) < 4.78 is 0. The van der Waals surface area contributed by atoms with E-state index >= 15 is 0 Å². The van der Waals surface area contributed by atoms with Gasteiger partial charge in [-0.3, -0.25) is 9.59 Å². The topological polar surface area (TPSA) is 148 Å². The number of nitrogens with zero attached hydrogens (tertiary/aromatic N) is 1. The first kappa shape index (κ1) is 15.1. The van der Waals surface area contributed by atoms with Crippen molar-refractivity contribution in [2.24, 2.45) is 11.5 Å². The standard InChI is InChI=1S/C10H14N4O4S/c11-2-1-8-13-6(4-19-8)9(16)14-5(10(17)18)3-7(12)15/h4-5H,1-3,11H2,(H2,12,15)(H,14,16)(H,17,18)/t5-/m1/s1. The van der Waals surface area contributed by atoms with E-state index < -0.39 is 30.2 Å². The minimum atomic E-state index is -1.36. The molecule has 0 aromatic carbocycles. The smallest absolute Gasteiger partial charge is 0.326 e. The van der Waals surface area contributed by atoms with Crippen molar-refractivity contribution in [2.45, 2.75) is 18.9 Å². The van der Waals surface area contributed by atoms with Crippen molar-refractivity contribution in [1.82, 2.24) is 10.3 Å². The number of carbonyl (C=O) groups is 3. The molecule has 1 heterocycles. The molecular weight excluding hydrogens is 272 g/mol. The number of carboxylic acid groups (broad SMARTS) is 1. The maximum absolute atomic E-state index is 11.7. The number of hydrogen-bond donors (Lipinski definition) is 4. The maximum atomic E-state index is 11.7. The molecule has 104 valence electrons. The van der Waals surface area contributed by atoms with E-state index in [0.29, 0.717) is 18.0 Å². The van der Waals surface area contributed by atoms with E-state index in [2.05, 4.69) is 10.3 Å². The van der Waals surface area contributed by atoms with Crippen LogP contribution in [0.3, 0.4) is 0 Å². The van der Waals surface area contributed by atoms with Crippen molar-refractivity contribution in [1.29, 1.82) is 0 Å². The fraction of sp³-hybridized carbons (Fsp3) is 0.400. The van der Waals surface area contributed by atoms with Crippen LogP contribution in [0.15, 0.2) is 5.38 Å². The maximum Gasteiger partial charge on any atom is 0.326 e. The van der Waals surface area contributed by atoms with Crippen LogP contribution in [0.1, 0.15) is 21.9 Å². The van der Waals surface area contributed by atoms with Crippen molar-refractivity contribution >= 4 is 29.1 Å². The number of carboxylic acids is 1. The van der Waals surface area contributed by atoms with Gasteiger partial charge in [-0.2, -0.15) is 0 Å². The number of hydrogen-bond acceptors (Lipinski definition) is 6. The van der Waals surface area contributed by atoms with E-state index in [1.807, 2.05) is 0 Å². The van der Waals surface area contributed by atoms with Crippen LogP contribution < -0.4 is 16.8 Å². The molecule has 0 radical (unpaired) electrons. The molecule has 9 heteroatoms. The molecule has 1 atom stereocenters. The first-order valence-electron chi connectivity index (χ1n) is 5.40. The Morgan fingerprint density at radius 3 is 2.68 bits per heavy atom. The van der Waals surface area contributed by atoms with Gasteiger partial charge in [0.2, 0.25) is 5.91 Å². The van der Waals surface area contributed by atoms with Gasteiger partial charge in [-0.25, -0.2) is 9.78 Å². The molecule has 0 aliphatic rings. The van der Waals surface area contributed by atoms with Crippen molar-refractivity contribution < 1.29 is 19.5 Å². The second-order valence-corrected chi connectivity index (χ2v) is 4.64. The number of nitrogens with two attached hydrogens (primary N) is 2. The van der Waals surface area contributed by atoms with Gasteiger partial charge in [-0.15, -0.1) is 11.3 Å². The number of rotatable bonds is 7. The summed E-state index contributed by atoms with van der Waals surface area (Å²) in [5.74, 6) is -2.80. The number of thiazole rings is 1. The third kappa shape index (κ3) is 4.64.